The molecule has 3 nitrogen and oxygen atoms in total. The zero-order valence-electron chi connectivity index (χ0n) is 15.5. The van der Waals surface area contributed by atoms with Gasteiger partial charge < -0.3 is 4.57 Å². The fourth-order valence-electron chi connectivity index (χ4n) is 2.96. The third-order valence-corrected chi connectivity index (χ3v) is 5.79. The molecule has 0 unspecified atom stereocenters. The smallest absolute Gasteiger partial charge is 0.190 e. The Labute approximate surface area is 158 Å². The van der Waals surface area contributed by atoms with E-state index in [1.54, 1.807) is 6.92 Å². The highest BCUT2D eigenvalue weighted by molar-refractivity contribution is 7.11. The van der Waals surface area contributed by atoms with Crippen molar-refractivity contribution < 1.29 is 4.79 Å². The zero-order chi connectivity index (χ0) is 18.5. The van der Waals surface area contributed by atoms with E-state index in [0.29, 0.717) is 0 Å². The van der Waals surface area contributed by atoms with E-state index in [0.717, 1.165) is 40.4 Å². The van der Waals surface area contributed by atoms with Crippen LogP contribution >= 0.6 is 11.3 Å². The molecular formula is C22H24N2OS. The zero-order valence-corrected chi connectivity index (χ0v) is 16.3. The fourth-order valence-corrected chi connectivity index (χ4v) is 4.04. The maximum absolute atomic E-state index is 12.0. The molecule has 0 N–H and O–H groups in total. The molecule has 3 rings (SSSR count). The first-order valence-corrected chi connectivity index (χ1v) is 9.79. The molecule has 134 valence electrons. The predicted octanol–water partition coefficient (Wildman–Crippen LogP) is 5.10. The van der Waals surface area contributed by atoms with Gasteiger partial charge in [-0.2, -0.15) is 0 Å². The van der Waals surface area contributed by atoms with E-state index in [9.17, 15) is 4.79 Å². The highest BCUT2D eigenvalue weighted by Gasteiger charge is 2.13. The van der Waals surface area contributed by atoms with Gasteiger partial charge in [0.25, 0.3) is 0 Å². The summed E-state index contributed by atoms with van der Waals surface area (Å²) in [4.78, 5) is 18.5. The lowest BCUT2D eigenvalue weighted by molar-refractivity contribution is 0.102. The first-order chi connectivity index (χ1) is 12.6. The molecule has 3 aromatic rings. The van der Waals surface area contributed by atoms with Crippen LogP contribution in [-0.2, 0) is 19.4 Å². The monoisotopic (exact) mass is 364 g/mol. The standard InChI is InChI=1S/C22H24N2OS/c1-4-18-10-12-20(13-11-18)23-22-24(16(2)21(26-22)17(3)25)15-14-19-8-6-5-7-9-19/h5-13H,4,14-15H2,1-3H3. The SMILES string of the molecule is CCc1ccc(N=c2sc(C(C)=O)c(C)n2CCc2ccccc2)cc1. The molecule has 0 fully saturated rings. The second-order valence-corrected chi connectivity index (χ2v) is 7.35. The van der Waals surface area contributed by atoms with E-state index < -0.39 is 0 Å². The number of Topliss-reactive ketones (excluding diaryl/α,β-unsaturated/α-hetero) is 1. The van der Waals surface area contributed by atoms with Gasteiger partial charge in [-0.1, -0.05) is 60.7 Å². The van der Waals surface area contributed by atoms with Crippen LogP contribution in [-0.4, -0.2) is 10.4 Å². The van der Waals surface area contributed by atoms with Crippen LogP contribution in [0.5, 0.6) is 0 Å². The van der Waals surface area contributed by atoms with E-state index >= 15 is 0 Å². The van der Waals surface area contributed by atoms with Crippen LogP contribution in [0.25, 0.3) is 0 Å². The molecule has 26 heavy (non-hydrogen) atoms. The molecule has 4 heteroatoms. The molecule has 0 aliphatic carbocycles. The van der Waals surface area contributed by atoms with Gasteiger partial charge in [-0.15, -0.1) is 0 Å². The molecular weight excluding hydrogens is 340 g/mol. The third-order valence-electron chi connectivity index (χ3n) is 4.51. The van der Waals surface area contributed by atoms with Crippen molar-refractivity contribution in [2.45, 2.75) is 40.2 Å². The van der Waals surface area contributed by atoms with Crippen LogP contribution in [0.3, 0.4) is 0 Å². The maximum atomic E-state index is 12.0. The van der Waals surface area contributed by atoms with Crippen molar-refractivity contribution in [2.24, 2.45) is 4.99 Å². The van der Waals surface area contributed by atoms with Gasteiger partial charge in [0, 0.05) is 19.2 Å². The van der Waals surface area contributed by atoms with Crippen LogP contribution < -0.4 is 4.80 Å². The molecule has 1 aromatic heterocycles. The van der Waals surface area contributed by atoms with E-state index in [1.807, 2.05) is 25.1 Å². The van der Waals surface area contributed by atoms with E-state index in [4.69, 9.17) is 4.99 Å². The number of nitrogens with zero attached hydrogens (tertiary/aromatic N) is 2. The molecule has 0 saturated carbocycles. The van der Waals surface area contributed by atoms with Gasteiger partial charge >= 0.3 is 0 Å². The van der Waals surface area contributed by atoms with E-state index in [1.165, 1.54) is 22.5 Å². The number of carbonyl (C=O) groups excluding carboxylic acids is 1. The van der Waals surface area contributed by atoms with Crippen LogP contribution in [0, 0.1) is 6.92 Å². The van der Waals surface area contributed by atoms with Crippen molar-refractivity contribution in [3.63, 3.8) is 0 Å². The summed E-state index contributed by atoms with van der Waals surface area (Å²) in [7, 11) is 0. The lowest BCUT2D eigenvalue weighted by Crippen LogP contribution is -2.17. The highest BCUT2D eigenvalue weighted by atomic mass is 32.1. The van der Waals surface area contributed by atoms with Gasteiger partial charge in [-0.3, -0.25) is 4.79 Å². The maximum Gasteiger partial charge on any atom is 0.190 e. The Morgan fingerprint density at radius 1 is 1.04 bits per heavy atom. The normalized spacial score (nSPS) is 11.7. The minimum atomic E-state index is 0.101. The Hall–Kier alpha value is -2.46. The van der Waals surface area contributed by atoms with Crippen molar-refractivity contribution in [3.05, 3.63) is 81.1 Å². The lowest BCUT2D eigenvalue weighted by atomic mass is 10.1. The Morgan fingerprint density at radius 3 is 2.35 bits per heavy atom. The van der Waals surface area contributed by atoms with Crippen LogP contribution in [0.4, 0.5) is 5.69 Å². The summed E-state index contributed by atoms with van der Waals surface area (Å²) in [5.41, 5.74) is 4.51. The first-order valence-electron chi connectivity index (χ1n) is 8.97. The number of ketones is 1. The van der Waals surface area contributed by atoms with E-state index in [-0.39, 0.29) is 5.78 Å². The number of rotatable bonds is 6. The van der Waals surface area contributed by atoms with Crippen molar-refractivity contribution in [2.75, 3.05) is 0 Å². The molecule has 0 spiro atoms. The molecule has 0 amide bonds. The number of carbonyl (C=O) groups is 1. The molecule has 1 heterocycles. The number of hydrogen-bond acceptors (Lipinski definition) is 3. The number of thiazole rings is 1. The van der Waals surface area contributed by atoms with Crippen molar-refractivity contribution in [3.8, 4) is 0 Å². The van der Waals surface area contributed by atoms with Crippen molar-refractivity contribution in [1.82, 2.24) is 4.57 Å². The largest absolute Gasteiger partial charge is 0.320 e. The molecule has 0 aliphatic heterocycles. The lowest BCUT2D eigenvalue weighted by Gasteiger charge is -2.07. The average Bonchev–Trinajstić information content (AvgIpc) is 2.97. The number of hydrogen-bond donors (Lipinski definition) is 0. The minimum Gasteiger partial charge on any atom is -0.320 e. The number of aromatic nitrogens is 1. The van der Waals surface area contributed by atoms with Gasteiger partial charge in [0.1, 0.15) is 0 Å². The van der Waals surface area contributed by atoms with Gasteiger partial charge in [0.2, 0.25) is 0 Å². The summed E-state index contributed by atoms with van der Waals surface area (Å²) < 4.78 is 2.17. The van der Waals surface area contributed by atoms with Crippen LogP contribution in [0.15, 0.2) is 59.6 Å². The van der Waals surface area contributed by atoms with Gasteiger partial charge in [-0.25, -0.2) is 4.99 Å². The topological polar surface area (TPSA) is 34.4 Å². The summed E-state index contributed by atoms with van der Waals surface area (Å²) in [5, 5.41) is 0. The van der Waals surface area contributed by atoms with Crippen LogP contribution in [0.1, 0.15) is 40.3 Å². The second kappa shape index (κ2) is 8.28. The molecule has 0 bridgehead atoms. The highest BCUT2D eigenvalue weighted by Crippen LogP contribution is 2.17. The number of aryl methyl sites for hydroxylation is 2. The number of benzene rings is 2. The minimum absolute atomic E-state index is 0.101. The fraction of sp³-hybridized carbons (Fsp3) is 0.273. The predicted molar refractivity (Wildman–Crippen MR) is 108 cm³/mol. The van der Waals surface area contributed by atoms with Crippen molar-refractivity contribution in [1.29, 1.82) is 0 Å². The van der Waals surface area contributed by atoms with Crippen molar-refractivity contribution >= 4 is 22.8 Å². The Kier molecular flexibility index (Phi) is 5.84. The quantitative estimate of drug-likeness (QED) is 0.561. The summed E-state index contributed by atoms with van der Waals surface area (Å²) in [6, 6.07) is 18.7. The second-order valence-electron chi connectivity index (χ2n) is 6.37. The van der Waals surface area contributed by atoms with Gasteiger partial charge in [0.05, 0.1) is 10.6 Å². The third kappa shape index (κ3) is 4.20. The molecule has 0 atom stereocenters. The Morgan fingerprint density at radius 2 is 1.73 bits per heavy atom. The van der Waals surface area contributed by atoms with E-state index in [2.05, 4.69) is 47.9 Å². The summed E-state index contributed by atoms with van der Waals surface area (Å²) in [6.07, 6.45) is 1.93. The van der Waals surface area contributed by atoms with Gasteiger partial charge in [-0.05, 0) is 43.0 Å². The molecule has 2 aromatic carbocycles. The Bertz CT molecular complexity index is 950. The summed E-state index contributed by atoms with van der Waals surface area (Å²) >= 11 is 1.48. The average molecular weight is 365 g/mol. The molecule has 0 radical (unpaired) electrons. The Balaban J connectivity index is 1.98. The molecule has 0 aliphatic rings. The summed E-state index contributed by atoms with van der Waals surface area (Å²) in [6.45, 7) is 6.59. The van der Waals surface area contributed by atoms with Gasteiger partial charge in [0.15, 0.2) is 10.6 Å². The first kappa shape index (κ1) is 18.3. The van der Waals surface area contributed by atoms with Crippen LogP contribution in [0.2, 0.25) is 0 Å². The molecule has 0 saturated heterocycles. The summed E-state index contributed by atoms with van der Waals surface area (Å²) in [5.74, 6) is 0.101.